The zero-order valence-corrected chi connectivity index (χ0v) is 16.9. The van der Waals surface area contributed by atoms with E-state index in [1.165, 1.54) is 50.0 Å². The highest BCUT2D eigenvalue weighted by molar-refractivity contribution is 5.42. The zero-order chi connectivity index (χ0) is 21.1. The summed E-state index contributed by atoms with van der Waals surface area (Å²) >= 11 is 0. The fraction of sp³-hybridized carbons (Fsp3) is 0.800. The average molecular weight is 390 g/mol. The molecule has 0 saturated heterocycles. The number of carbonyl (C=O) groups excluding carboxylic acids is 4. The second kappa shape index (κ2) is 16.7. The van der Waals surface area contributed by atoms with Crippen LogP contribution in [-0.2, 0) is 19.2 Å². The molecule has 0 N–H and O–H groups in total. The lowest BCUT2D eigenvalue weighted by Crippen LogP contribution is -2.44. The molecule has 0 aromatic heterocycles. The molecule has 0 fully saturated rings. The summed E-state index contributed by atoms with van der Waals surface area (Å²) < 4.78 is 0. The highest BCUT2D eigenvalue weighted by atomic mass is 16.1. The van der Waals surface area contributed by atoms with Gasteiger partial charge >= 0.3 is 0 Å². The molecule has 154 valence electrons. The number of isocyanates is 4. The molecule has 0 spiro atoms. The minimum absolute atomic E-state index is 0.148. The van der Waals surface area contributed by atoms with Crippen LogP contribution in [0.3, 0.4) is 0 Å². The van der Waals surface area contributed by atoms with Gasteiger partial charge in [-0.25, -0.2) is 24.2 Å². The normalized spacial score (nSPS) is 14.2. The van der Waals surface area contributed by atoms with Crippen LogP contribution in [0.15, 0.2) is 20.0 Å². The topological polar surface area (TPSA) is 118 Å². The predicted molar refractivity (Wildman–Crippen MR) is 105 cm³/mol. The Balaban J connectivity index is 5.25. The van der Waals surface area contributed by atoms with Gasteiger partial charge in [0.05, 0.1) is 6.04 Å². The Morgan fingerprint density at radius 1 is 0.679 bits per heavy atom. The molecular weight excluding hydrogens is 360 g/mol. The van der Waals surface area contributed by atoms with E-state index < -0.39 is 17.7 Å². The van der Waals surface area contributed by atoms with Crippen molar-refractivity contribution in [3.05, 3.63) is 0 Å². The van der Waals surface area contributed by atoms with Crippen LogP contribution in [0.4, 0.5) is 0 Å². The molecule has 28 heavy (non-hydrogen) atoms. The first-order valence-electron chi connectivity index (χ1n) is 9.97. The maximum Gasteiger partial charge on any atom is 0.237 e. The fourth-order valence-electron chi connectivity index (χ4n) is 3.35. The number of hydrogen-bond acceptors (Lipinski definition) is 8. The number of nitrogens with zero attached hydrogens (tertiary/aromatic N) is 4. The van der Waals surface area contributed by atoms with Crippen molar-refractivity contribution in [2.24, 2.45) is 20.0 Å². The highest BCUT2D eigenvalue weighted by Crippen LogP contribution is 2.31. The van der Waals surface area contributed by atoms with Gasteiger partial charge in [-0.3, -0.25) is 0 Å². The van der Waals surface area contributed by atoms with Crippen LogP contribution in [0.25, 0.3) is 0 Å². The summed E-state index contributed by atoms with van der Waals surface area (Å²) in [7, 11) is 0. The van der Waals surface area contributed by atoms with Gasteiger partial charge in [0, 0.05) is 0 Å². The summed E-state index contributed by atoms with van der Waals surface area (Å²) in [4.78, 5) is 58.5. The van der Waals surface area contributed by atoms with Crippen LogP contribution in [0, 0.1) is 0 Å². The molecule has 2 atom stereocenters. The third-order valence-electron chi connectivity index (χ3n) is 4.70. The Hall–Kier alpha value is -2.48. The Morgan fingerprint density at radius 2 is 1.21 bits per heavy atom. The molecule has 0 bridgehead atoms. The molecule has 0 saturated carbocycles. The Morgan fingerprint density at radius 3 is 1.68 bits per heavy atom. The van der Waals surface area contributed by atoms with Gasteiger partial charge in [-0.05, 0) is 12.8 Å². The minimum atomic E-state index is -1.67. The lowest BCUT2D eigenvalue weighted by Gasteiger charge is -2.30. The molecule has 0 aliphatic rings. The van der Waals surface area contributed by atoms with E-state index in [9.17, 15) is 19.2 Å². The molecule has 0 aliphatic heterocycles. The largest absolute Gasteiger partial charge is 0.237 e. The molecule has 0 aliphatic carbocycles. The highest BCUT2D eigenvalue weighted by Gasteiger charge is 2.43. The number of aliphatic imine (C=N–C) groups is 4. The quantitative estimate of drug-likeness (QED) is 0.211. The summed E-state index contributed by atoms with van der Waals surface area (Å²) in [5.74, 6) is 0. The van der Waals surface area contributed by atoms with E-state index in [1.54, 1.807) is 6.92 Å². The van der Waals surface area contributed by atoms with Crippen molar-refractivity contribution in [2.75, 3.05) is 0 Å². The van der Waals surface area contributed by atoms with Gasteiger partial charge in [-0.15, -0.1) is 0 Å². The Labute approximate surface area is 166 Å². The van der Waals surface area contributed by atoms with E-state index in [1.807, 2.05) is 0 Å². The van der Waals surface area contributed by atoms with Crippen LogP contribution in [0.2, 0.25) is 0 Å². The predicted octanol–water partition coefficient (Wildman–Crippen LogP) is 4.09. The zero-order valence-electron chi connectivity index (χ0n) is 16.9. The average Bonchev–Trinajstić information content (AvgIpc) is 2.68. The van der Waals surface area contributed by atoms with Crippen LogP contribution >= 0.6 is 0 Å². The molecular formula is C20H30N4O4. The first-order valence-corrected chi connectivity index (χ1v) is 9.97. The Kier molecular flexibility index (Phi) is 15.2. The third kappa shape index (κ3) is 9.45. The van der Waals surface area contributed by atoms with Crippen molar-refractivity contribution in [1.82, 2.24) is 0 Å². The van der Waals surface area contributed by atoms with Crippen molar-refractivity contribution >= 4 is 24.3 Å². The maximum absolute atomic E-state index is 11.0. The van der Waals surface area contributed by atoms with E-state index >= 15 is 0 Å². The van der Waals surface area contributed by atoms with Crippen LogP contribution < -0.4 is 0 Å². The maximum atomic E-state index is 11.0. The fourth-order valence-corrected chi connectivity index (χ4v) is 3.35. The van der Waals surface area contributed by atoms with E-state index in [0.29, 0.717) is 12.8 Å². The lowest BCUT2D eigenvalue weighted by atomic mass is 9.88. The van der Waals surface area contributed by atoms with Gasteiger partial charge in [0.15, 0.2) is 5.66 Å². The lowest BCUT2D eigenvalue weighted by molar-refractivity contribution is 0.286. The third-order valence-corrected chi connectivity index (χ3v) is 4.70. The van der Waals surface area contributed by atoms with Crippen molar-refractivity contribution in [3.8, 4) is 0 Å². The van der Waals surface area contributed by atoms with Crippen molar-refractivity contribution in [3.63, 3.8) is 0 Å². The number of rotatable bonds is 17. The summed E-state index contributed by atoms with van der Waals surface area (Å²) in [5, 5.41) is 0. The molecule has 8 nitrogen and oxygen atoms in total. The molecule has 0 aromatic carbocycles. The minimum Gasteiger partial charge on any atom is -0.211 e. The molecule has 2 unspecified atom stereocenters. The van der Waals surface area contributed by atoms with Gasteiger partial charge < -0.3 is 0 Å². The monoisotopic (exact) mass is 390 g/mol. The molecule has 0 radical (unpaired) electrons. The summed E-state index contributed by atoms with van der Waals surface area (Å²) in [6.07, 6.45) is 15.5. The van der Waals surface area contributed by atoms with Gasteiger partial charge in [-0.2, -0.15) is 15.0 Å². The molecule has 8 heteroatoms. The molecule has 0 aromatic rings. The van der Waals surface area contributed by atoms with Crippen LogP contribution in [0.1, 0.15) is 84.5 Å². The van der Waals surface area contributed by atoms with Crippen LogP contribution in [-0.4, -0.2) is 42.1 Å². The SMILES string of the molecule is CCCCCCCCCCC(N=C=O)C(N=C=O)C(CCC)(N=C=O)N=C=O. The number of hydrogen-bond donors (Lipinski definition) is 0. The van der Waals surface area contributed by atoms with Crippen LogP contribution in [0.5, 0.6) is 0 Å². The second-order valence-electron chi connectivity index (χ2n) is 6.75. The second-order valence-corrected chi connectivity index (χ2v) is 6.75. The van der Waals surface area contributed by atoms with Crippen molar-refractivity contribution < 1.29 is 19.2 Å². The first kappa shape index (κ1) is 25.5. The van der Waals surface area contributed by atoms with Gasteiger partial charge in [0.2, 0.25) is 24.3 Å². The molecule has 0 heterocycles. The molecule has 0 rings (SSSR count). The summed E-state index contributed by atoms with van der Waals surface area (Å²) in [5.41, 5.74) is -1.67. The summed E-state index contributed by atoms with van der Waals surface area (Å²) in [6, 6.07) is -1.90. The Bertz CT molecular complexity index is 608. The van der Waals surface area contributed by atoms with Gasteiger partial charge in [-0.1, -0.05) is 71.6 Å². The number of unbranched alkanes of at least 4 members (excludes halogenated alkanes) is 7. The van der Waals surface area contributed by atoms with Crippen molar-refractivity contribution in [1.29, 1.82) is 0 Å². The van der Waals surface area contributed by atoms with Gasteiger partial charge in [0.25, 0.3) is 0 Å². The standard InChI is InChI=1S/C20H30N4O4/c1-3-5-6-7-8-9-10-11-12-18(21-14-25)19(22-15-26)20(13-4-2,23-16-27)24-17-28/h18-19H,3-13H2,1-2H3. The van der Waals surface area contributed by atoms with E-state index in [4.69, 9.17) is 0 Å². The molecule has 0 amide bonds. The smallest absolute Gasteiger partial charge is 0.211 e. The van der Waals surface area contributed by atoms with Crippen molar-refractivity contribution in [2.45, 2.75) is 102 Å². The summed E-state index contributed by atoms with van der Waals surface area (Å²) in [6.45, 7) is 3.97. The van der Waals surface area contributed by atoms with Gasteiger partial charge in [0.1, 0.15) is 6.04 Å². The van der Waals surface area contributed by atoms with E-state index in [0.717, 1.165) is 25.7 Å². The van der Waals surface area contributed by atoms with E-state index in [-0.39, 0.29) is 6.42 Å². The first-order chi connectivity index (χ1) is 13.7. The van der Waals surface area contributed by atoms with E-state index in [2.05, 4.69) is 26.9 Å².